The van der Waals surface area contributed by atoms with Crippen molar-refractivity contribution in [3.63, 3.8) is 0 Å². The van der Waals surface area contributed by atoms with Gasteiger partial charge in [0.25, 0.3) is 6.29 Å². The molecule has 0 saturated heterocycles. The van der Waals surface area contributed by atoms with Gasteiger partial charge < -0.3 is 25.1 Å². The summed E-state index contributed by atoms with van der Waals surface area (Å²) >= 11 is 0. The average Bonchev–Trinajstić information content (AvgIpc) is 2.56. The normalized spacial score (nSPS) is 13.1. The third kappa shape index (κ3) is 11.0. The summed E-state index contributed by atoms with van der Waals surface area (Å²) in [6.07, 6.45) is -2.17. The lowest BCUT2D eigenvalue weighted by molar-refractivity contribution is -0.184. The van der Waals surface area contributed by atoms with Crippen LogP contribution in [-0.4, -0.2) is 53.3 Å². The fourth-order valence-corrected chi connectivity index (χ4v) is 1.84. The molecule has 0 aliphatic rings. The molecule has 10 nitrogen and oxygen atoms in total. The number of rotatable bonds is 10. The first-order chi connectivity index (χ1) is 13.3. The Kier molecular flexibility index (Phi) is 10.8. The minimum atomic E-state index is -1.17. The zero-order valence-corrected chi connectivity index (χ0v) is 18.1. The van der Waals surface area contributed by atoms with E-state index in [2.05, 4.69) is 10.1 Å². The van der Waals surface area contributed by atoms with Crippen LogP contribution >= 0.6 is 0 Å². The number of ketones is 1. The molecule has 0 aromatic carbocycles. The van der Waals surface area contributed by atoms with Gasteiger partial charge in [-0.3, -0.25) is 9.59 Å². The van der Waals surface area contributed by atoms with Crippen LogP contribution in [0.4, 0.5) is 4.79 Å². The molecule has 0 bridgehead atoms. The van der Waals surface area contributed by atoms with Crippen LogP contribution in [0.15, 0.2) is 0 Å². The van der Waals surface area contributed by atoms with Crippen molar-refractivity contribution in [2.75, 3.05) is 0 Å². The molecule has 0 rings (SSSR count). The van der Waals surface area contributed by atoms with Gasteiger partial charge in [0.1, 0.15) is 6.04 Å². The Morgan fingerprint density at radius 1 is 1.03 bits per heavy atom. The predicted molar refractivity (Wildman–Crippen MR) is 103 cm³/mol. The van der Waals surface area contributed by atoms with E-state index in [1.165, 1.54) is 0 Å². The van der Waals surface area contributed by atoms with Gasteiger partial charge in [0, 0.05) is 12.3 Å². The summed E-state index contributed by atoms with van der Waals surface area (Å²) in [4.78, 5) is 50.7. The number of ether oxygens (including phenoxy) is 3. The predicted octanol–water partition coefficient (Wildman–Crippen LogP) is 2.25. The van der Waals surface area contributed by atoms with Crippen LogP contribution in [0.5, 0.6) is 0 Å². The van der Waals surface area contributed by atoms with Crippen molar-refractivity contribution in [3.8, 4) is 0 Å². The number of carbonyl (C=O) groups is 4. The van der Waals surface area contributed by atoms with Crippen molar-refractivity contribution in [3.05, 3.63) is 5.53 Å². The number of hydrogen-bond acceptors (Lipinski definition) is 7. The number of carbonyl (C=O) groups excluding carboxylic acids is 4. The summed E-state index contributed by atoms with van der Waals surface area (Å²) in [6, 6.07) is -1.17. The molecule has 2 unspecified atom stereocenters. The highest BCUT2D eigenvalue weighted by Crippen LogP contribution is 2.19. The van der Waals surface area contributed by atoms with Crippen LogP contribution in [0, 0.1) is 11.3 Å². The Bertz CT molecular complexity index is 647. The highest BCUT2D eigenvalue weighted by atomic mass is 16.7. The number of nitrogens with zero attached hydrogens (tertiary/aromatic N) is 2. The molecule has 1 amide bonds. The zero-order valence-electron chi connectivity index (χ0n) is 18.1. The second-order valence-electron chi connectivity index (χ2n) is 8.11. The summed E-state index contributed by atoms with van der Waals surface area (Å²) in [5.41, 5.74) is 7.59. The average molecular weight is 413 g/mol. The second-order valence-corrected chi connectivity index (χ2v) is 8.11. The summed E-state index contributed by atoms with van der Waals surface area (Å²) in [5.74, 6) is -2.17. The number of alkyl carbamates (subject to hydrolysis) is 1. The number of esters is 2. The first-order valence-corrected chi connectivity index (χ1v) is 9.36. The van der Waals surface area contributed by atoms with Gasteiger partial charge >= 0.3 is 24.2 Å². The van der Waals surface area contributed by atoms with Crippen molar-refractivity contribution in [1.82, 2.24) is 5.32 Å². The molecule has 0 radical (unpaired) electrons. The Morgan fingerprint density at radius 2 is 1.62 bits per heavy atom. The molecule has 0 fully saturated rings. The highest BCUT2D eigenvalue weighted by molar-refractivity contribution is 6.25. The first-order valence-electron chi connectivity index (χ1n) is 9.36. The lowest BCUT2D eigenvalue weighted by Gasteiger charge is -2.26. The van der Waals surface area contributed by atoms with E-state index < -0.39 is 47.7 Å². The van der Waals surface area contributed by atoms with Crippen molar-refractivity contribution in [2.45, 2.75) is 79.7 Å². The van der Waals surface area contributed by atoms with Gasteiger partial charge in [0.05, 0.1) is 11.5 Å². The summed E-state index contributed by atoms with van der Waals surface area (Å²) in [5, 5.41) is 2.33. The van der Waals surface area contributed by atoms with Gasteiger partial charge in [0.15, 0.2) is 0 Å². The fourth-order valence-electron chi connectivity index (χ4n) is 1.84. The fraction of sp³-hybridized carbons (Fsp3) is 0.737. The molecule has 0 aliphatic carbocycles. The maximum atomic E-state index is 12.3. The molecule has 29 heavy (non-hydrogen) atoms. The van der Waals surface area contributed by atoms with Gasteiger partial charge in [-0.1, -0.05) is 13.8 Å². The Morgan fingerprint density at radius 3 is 2.07 bits per heavy atom. The number of Topliss-reactive ketones (excluding diaryl/α,β-unsaturated/α-hetero) is 1. The SMILES string of the molecule is CC(C)OC(=O)C(CCC(=O)C=[N+]=[N-])NC(=O)OC(OC(=O)C(C)(C)C)C(C)C. The molecule has 0 saturated carbocycles. The molecule has 10 heteroatoms. The van der Waals surface area contributed by atoms with E-state index in [1.807, 2.05) is 0 Å². The van der Waals surface area contributed by atoms with Gasteiger partial charge in [-0.05, 0) is 41.0 Å². The topological polar surface area (TPSA) is 144 Å². The van der Waals surface area contributed by atoms with E-state index in [0.717, 1.165) is 0 Å². The molecule has 0 heterocycles. The first kappa shape index (κ1) is 26.3. The third-order valence-electron chi connectivity index (χ3n) is 3.41. The van der Waals surface area contributed by atoms with Crippen LogP contribution in [0.1, 0.15) is 61.3 Å². The van der Waals surface area contributed by atoms with Crippen LogP contribution in [0.25, 0.3) is 5.53 Å². The molecular formula is C19H31N3O7. The maximum absolute atomic E-state index is 12.3. The Labute approximate surface area is 170 Å². The minimum Gasteiger partial charge on any atom is -0.461 e. The molecule has 1 N–H and O–H groups in total. The molecule has 0 aromatic rings. The lowest BCUT2D eigenvalue weighted by atomic mass is 9.97. The highest BCUT2D eigenvalue weighted by Gasteiger charge is 2.31. The van der Waals surface area contributed by atoms with Gasteiger partial charge in [-0.25, -0.2) is 9.59 Å². The van der Waals surface area contributed by atoms with Crippen molar-refractivity contribution in [1.29, 1.82) is 0 Å². The van der Waals surface area contributed by atoms with Crippen molar-refractivity contribution >= 4 is 30.0 Å². The van der Waals surface area contributed by atoms with Gasteiger partial charge in [-0.15, -0.1) is 0 Å². The quantitative estimate of drug-likeness (QED) is 0.190. The molecule has 164 valence electrons. The summed E-state index contributed by atoms with van der Waals surface area (Å²) in [7, 11) is 0. The van der Waals surface area contributed by atoms with Crippen molar-refractivity contribution < 1.29 is 38.2 Å². The smallest absolute Gasteiger partial charge is 0.410 e. The van der Waals surface area contributed by atoms with E-state index in [9.17, 15) is 19.2 Å². The molecule has 0 spiro atoms. The van der Waals surface area contributed by atoms with E-state index in [0.29, 0.717) is 6.21 Å². The number of hydrogen-bond donors (Lipinski definition) is 1. The van der Waals surface area contributed by atoms with Crippen LogP contribution in [0.2, 0.25) is 0 Å². The van der Waals surface area contributed by atoms with E-state index in [1.54, 1.807) is 48.5 Å². The summed E-state index contributed by atoms with van der Waals surface area (Å²) < 4.78 is 15.5. The molecule has 0 aliphatic heterocycles. The van der Waals surface area contributed by atoms with Gasteiger partial charge in [-0.2, -0.15) is 4.79 Å². The zero-order chi connectivity index (χ0) is 22.8. The number of amides is 1. The van der Waals surface area contributed by atoms with E-state index in [4.69, 9.17) is 19.7 Å². The van der Waals surface area contributed by atoms with Crippen LogP contribution in [0.3, 0.4) is 0 Å². The largest absolute Gasteiger partial charge is 0.461 e. The second kappa shape index (κ2) is 12.0. The minimum absolute atomic E-state index is 0.0976. The van der Waals surface area contributed by atoms with Crippen LogP contribution in [-0.2, 0) is 28.6 Å². The monoisotopic (exact) mass is 413 g/mol. The standard InChI is InChI=1S/C19H31N3O7/c1-11(2)16(28-17(25)19(5,6)7)29-18(26)22-14(15(24)27-12(3)4)9-8-13(23)10-21-20/h10-12,14,16H,8-9H2,1-7H3,(H,22,26). The Hall–Kier alpha value is -2.74. The molecule has 0 aromatic heterocycles. The molecule has 2 atom stereocenters. The maximum Gasteiger partial charge on any atom is 0.410 e. The summed E-state index contributed by atoms with van der Waals surface area (Å²) in [6.45, 7) is 11.7. The van der Waals surface area contributed by atoms with E-state index in [-0.39, 0.29) is 18.8 Å². The Balaban J connectivity index is 5.15. The number of nitrogens with one attached hydrogen (secondary N) is 1. The van der Waals surface area contributed by atoms with Crippen molar-refractivity contribution in [2.24, 2.45) is 11.3 Å². The van der Waals surface area contributed by atoms with Gasteiger partial charge in [0.2, 0.25) is 5.78 Å². The third-order valence-corrected chi connectivity index (χ3v) is 3.41. The van der Waals surface area contributed by atoms with E-state index >= 15 is 0 Å². The molecular weight excluding hydrogens is 382 g/mol. The van der Waals surface area contributed by atoms with Crippen LogP contribution < -0.4 is 5.32 Å². The lowest BCUT2D eigenvalue weighted by Crippen LogP contribution is -2.45.